The Balaban J connectivity index is 1.97. The zero-order valence-electron chi connectivity index (χ0n) is 9.43. The molecule has 1 N–H and O–H groups in total. The summed E-state index contributed by atoms with van der Waals surface area (Å²) in [5, 5.41) is 9.73. The van der Waals surface area contributed by atoms with Gasteiger partial charge in [0.1, 0.15) is 5.92 Å². The number of carbonyl (C=O) groups is 1. The van der Waals surface area contributed by atoms with Crippen LogP contribution in [0.2, 0.25) is 5.02 Å². The predicted molar refractivity (Wildman–Crippen MR) is 65.4 cm³/mol. The van der Waals surface area contributed by atoms with E-state index in [0.717, 1.165) is 0 Å². The molecule has 0 spiro atoms. The average molecular weight is 255 g/mol. The van der Waals surface area contributed by atoms with Crippen LogP contribution in [0.3, 0.4) is 0 Å². The number of carboxylic acids is 1. The maximum atomic E-state index is 11.2. The van der Waals surface area contributed by atoms with Crippen LogP contribution in [0.25, 0.3) is 0 Å². The Bertz CT molecular complexity index is 401. The van der Waals surface area contributed by atoms with Gasteiger partial charge >= 0.3 is 5.97 Å². The summed E-state index contributed by atoms with van der Waals surface area (Å²) >= 11 is 5.85. The minimum Gasteiger partial charge on any atom is -0.481 e. The molecule has 1 aromatic rings. The Hall–Kier alpha value is -1.06. The van der Waals surface area contributed by atoms with Crippen molar-refractivity contribution in [2.45, 2.75) is 18.8 Å². The van der Waals surface area contributed by atoms with Gasteiger partial charge < -0.3 is 9.84 Å². The molecule has 0 radical (unpaired) electrons. The summed E-state index contributed by atoms with van der Waals surface area (Å²) in [6.07, 6.45) is 2.41. The Labute approximate surface area is 105 Å². The highest BCUT2D eigenvalue weighted by atomic mass is 35.5. The zero-order valence-corrected chi connectivity index (χ0v) is 10.2. The van der Waals surface area contributed by atoms with Crippen molar-refractivity contribution in [3.63, 3.8) is 0 Å². The number of hydrogen-bond donors (Lipinski definition) is 1. The molecule has 4 heteroatoms. The van der Waals surface area contributed by atoms with Crippen LogP contribution in [0.15, 0.2) is 24.3 Å². The monoisotopic (exact) mass is 254 g/mol. The summed E-state index contributed by atoms with van der Waals surface area (Å²) in [6, 6.07) is 6.94. The third kappa shape index (κ3) is 3.72. The smallest absolute Gasteiger partial charge is 0.313 e. The van der Waals surface area contributed by atoms with E-state index >= 15 is 0 Å². The minimum absolute atomic E-state index is 0.214. The van der Waals surface area contributed by atoms with E-state index < -0.39 is 11.9 Å². The van der Waals surface area contributed by atoms with Crippen molar-refractivity contribution in [3.05, 3.63) is 34.9 Å². The predicted octanol–water partition coefficient (Wildman–Crippen LogP) is 2.93. The quantitative estimate of drug-likeness (QED) is 0.849. The lowest BCUT2D eigenvalue weighted by molar-refractivity contribution is -0.140. The number of hydrogen-bond acceptors (Lipinski definition) is 2. The molecule has 0 heterocycles. The second-order valence-corrected chi connectivity index (χ2v) is 4.86. The molecule has 1 aliphatic carbocycles. The van der Waals surface area contributed by atoms with Crippen molar-refractivity contribution in [1.82, 2.24) is 0 Å². The van der Waals surface area contributed by atoms with Gasteiger partial charge in [-0.25, -0.2) is 0 Å². The first kappa shape index (κ1) is 12.4. The Morgan fingerprint density at radius 3 is 2.88 bits per heavy atom. The normalized spacial score (nSPS) is 16.8. The lowest BCUT2D eigenvalue weighted by atomic mass is 10.0. The summed E-state index contributed by atoms with van der Waals surface area (Å²) in [7, 11) is 0. The topological polar surface area (TPSA) is 46.5 Å². The van der Waals surface area contributed by atoms with Crippen molar-refractivity contribution in [2.75, 3.05) is 13.2 Å². The molecule has 0 amide bonds. The first-order valence-corrected chi connectivity index (χ1v) is 6.10. The fourth-order valence-corrected chi connectivity index (χ4v) is 1.87. The van der Waals surface area contributed by atoms with Crippen LogP contribution in [0, 0.1) is 5.92 Å². The molecule has 1 saturated carbocycles. The van der Waals surface area contributed by atoms with E-state index in [1.165, 1.54) is 12.8 Å². The number of halogens is 1. The van der Waals surface area contributed by atoms with Gasteiger partial charge in [-0.05, 0) is 36.5 Å². The van der Waals surface area contributed by atoms with Gasteiger partial charge in [-0.3, -0.25) is 4.79 Å². The van der Waals surface area contributed by atoms with Crippen LogP contribution in [0.4, 0.5) is 0 Å². The van der Waals surface area contributed by atoms with Crippen molar-refractivity contribution >= 4 is 17.6 Å². The highest BCUT2D eigenvalue weighted by molar-refractivity contribution is 6.30. The molecule has 2 rings (SSSR count). The van der Waals surface area contributed by atoms with Gasteiger partial charge in [-0.15, -0.1) is 0 Å². The first-order valence-electron chi connectivity index (χ1n) is 5.73. The second kappa shape index (κ2) is 5.52. The van der Waals surface area contributed by atoms with Gasteiger partial charge in [-0.1, -0.05) is 23.7 Å². The van der Waals surface area contributed by atoms with E-state index in [-0.39, 0.29) is 6.61 Å². The Kier molecular flexibility index (Phi) is 4.02. The third-order valence-electron chi connectivity index (χ3n) is 2.88. The molecule has 17 heavy (non-hydrogen) atoms. The SMILES string of the molecule is O=C(O)C(COCC1CC1)c1cccc(Cl)c1. The summed E-state index contributed by atoms with van der Waals surface area (Å²) in [5.74, 6) is -0.862. The van der Waals surface area contributed by atoms with Gasteiger partial charge in [0.05, 0.1) is 6.61 Å². The summed E-state index contributed by atoms with van der Waals surface area (Å²) in [5.41, 5.74) is 0.695. The van der Waals surface area contributed by atoms with E-state index in [1.54, 1.807) is 24.3 Å². The standard InChI is InChI=1S/C13H15ClO3/c14-11-3-1-2-10(6-11)12(13(15)16)8-17-7-9-4-5-9/h1-3,6,9,12H,4-5,7-8H2,(H,15,16). The first-order chi connectivity index (χ1) is 8.16. The van der Waals surface area contributed by atoms with Crippen LogP contribution in [-0.4, -0.2) is 24.3 Å². The fourth-order valence-electron chi connectivity index (χ4n) is 1.67. The van der Waals surface area contributed by atoms with E-state index in [9.17, 15) is 9.90 Å². The number of ether oxygens (including phenoxy) is 1. The molecule has 0 saturated heterocycles. The van der Waals surface area contributed by atoms with Crippen LogP contribution in [0.1, 0.15) is 24.3 Å². The molecule has 1 aliphatic rings. The van der Waals surface area contributed by atoms with E-state index in [0.29, 0.717) is 23.1 Å². The summed E-state index contributed by atoms with van der Waals surface area (Å²) in [4.78, 5) is 11.2. The number of rotatable bonds is 6. The third-order valence-corrected chi connectivity index (χ3v) is 3.12. The molecule has 0 aromatic heterocycles. The van der Waals surface area contributed by atoms with Crippen molar-refractivity contribution in [3.8, 4) is 0 Å². The van der Waals surface area contributed by atoms with Gasteiger partial charge in [0, 0.05) is 11.6 Å². The van der Waals surface area contributed by atoms with E-state index in [2.05, 4.69) is 0 Å². The molecule has 1 aromatic carbocycles. The molecule has 3 nitrogen and oxygen atoms in total. The highest BCUT2D eigenvalue weighted by Gasteiger charge is 2.24. The number of carboxylic acid groups (broad SMARTS) is 1. The van der Waals surface area contributed by atoms with E-state index in [1.807, 2.05) is 0 Å². The maximum Gasteiger partial charge on any atom is 0.313 e. The van der Waals surface area contributed by atoms with Gasteiger partial charge in [0.15, 0.2) is 0 Å². The van der Waals surface area contributed by atoms with Crippen LogP contribution >= 0.6 is 11.6 Å². The van der Waals surface area contributed by atoms with Crippen molar-refractivity contribution in [2.24, 2.45) is 5.92 Å². The summed E-state index contributed by atoms with van der Waals surface area (Å²) < 4.78 is 5.45. The van der Waals surface area contributed by atoms with Crippen molar-refractivity contribution in [1.29, 1.82) is 0 Å². The lowest BCUT2D eigenvalue weighted by Crippen LogP contribution is -2.18. The highest BCUT2D eigenvalue weighted by Crippen LogP contribution is 2.29. The molecular formula is C13H15ClO3. The molecule has 1 unspecified atom stereocenters. The van der Waals surface area contributed by atoms with Crippen molar-refractivity contribution < 1.29 is 14.6 Å². The van der Waals surface area contributed by atoms with Crippen LogP contribution in [0.5, 0.6) is 0 Å². The Morgan fingerprint density at radius 1 is 1.53 bits per heavy atom. The number of benzene rings is 1. The van der Waals surface area contributed by atoms with Crippen LogP contribution < -0.4 is 0 Å². The average Bonchev–Trinajstić information content (AvgIpc) is 3.07. The van der Waals surface area contributed by atoms with Gasteiger partial charge in [-0.2, -0.15) is 0 Å². The lowest BCUT2D eigenvalue weighted by Gasteiger charge is -2.13. The number of aliphatic carboxylic acids is 1. The largest absolute Gasteiger partial charge is 0.481 e. The molecule has 1 fully saturated rings. The molecule has 0 bridgehead atoms. The van der Waals surface area contributed by atoms with E-state index in [4.69, 9.17) is 16.3 Å². The van der Waals surface area contributed by atoms with Gasteiger partial charge in [0.2, 0.25) is 0 Å². The maximum absolute atomic E-state index is 11.2. The summed E-state index contributed by atoms with van der Waals surface area (Å²) in [6.45, 7) is 0.885. The molecular weight excluding hydrogens is 240 g/mol. The molecule has 1 atom stereocenters. The fraction of sp³-hybridized carbons (Fsp3) is 0.462. The molecule has 92 valence electrons. The van der Waals surface area contributed by atoms with Crippen LogP contribution in [-0.2, 0) is 9.53 Å². The molecule has 0 aliphatic heterocycles. The zero-order chi connectivity index (χ0) is 12.3. The minimum atomic E-state index is -0.872. The van der Waals surface area contributed by atoms with Gasteiger partial charge in [0.25, 0.3) is 0 Å². The Morgan fingerprint density at radius 2 is 2.29 bits per heavy atom. The second-order valence-electron chi connectivity index (χ2n) is 4.43.